The number of pyridine rings is 1. The lowest BCUT2D eigenvalue weighted by atomic mass is 10.2. The fourth-order valence-electron chi connectivity index (χ4n) is 3.29. The molecule has 1 N–H and O–H groups in total. The molecule has 7 nitrogen and oxygen atoms in total. The third kappa shape index (κ3) is 4.48. The van der Waals surface area contributed by atoms with Crippen LogP contribution in [0, 0.1) is 5.82 Å². The van der Waals surface area contributed by atoms with Gasteiger partial charge in [-0.25, -0.2) is 14.4 Å². The Bertz CT molecular complexity index is 976. The number of para-hydroxylation sites is 1. The molecule has 0 unspecified atom stereocenters. The van der Waals surface area contributed by atoms with Crippen LogP contribution in [0.3, 0.4) is 0 Å². The van der Waals surface area contributed by atoms with Crippen LogP contribution >= 0.6 is 0 Å². The van der Waals surface area contributed by atoms with Crippen molar-refractivity contribution in [3.05, 3.63) is 78.3 Å². The van der Waals surface area contributed by atoms with E-state index in [9.17, 15) is 9.18 Å². The summed E-state index contributed by atoms with van der Waals surface area (Å²) in [6.07, 6.45) is 3.08. The van der Waals surface area contributed by atoms with Gasteiger partial charge in [0.25, 0.3) is 5.91 Å². The van der Waals surface area contributed by atoms with Gasteiger partial charge in [0.2, 0.25) is 0 Å². The topological polar surface area (TPSA) is 74.2 Å². The van der Waals surface area contributed by atoms with E-state index in [1.165, 1.54) is 12.4 Å². The summed E-state index contributed by atoms with van der Waals surface area (Å²) in [6, 6.07) is 14.0. The normalized spacial score (nSPS) is 14.0. The molecule has 4 rings (SSSR count). The van der Waals surface area contributed by atoms with Gasteiger partial charge < -0.3 is 15.1 Å². The zero-order valence-electron chi connectivity index (χ0n) is 15.8. The minimum atomic E-state index is -0.274. The molecule has 0 aliphatic carbocycles. The number of carbonyl (C=O) groups is 1. The van der Waals surface area contributed by atoms with Gasteiger partial charge in [0.15, 0.2) is 0 Å². The van der Waals surface area contributed by atoms with E-state index in [2.05, 4.69) is 25.2 Å². The van der Waals surface area contributed by atoms with E-state index in [0.717, 1.165) is 5.69 Å². The van der Waals surface area contributed by atoms with Crippen molar-refractivity contribution in [2.45, 2.75) is 6.54 Å². The first-order valence-electron chi connectivity index (χ1n) is 9.45. The number of benzene rings is 1. The molecule has 1 amide bonds. The monoisotopic (exact) mass is 392 g/mol. The first kappa shape index (κ1) is 18.8. The molecule has 29 heavy (non-hydrogen) atoms. The Morgan fingerprint density at radius 1 is 0.966 bits per heavy atom. The standard InChI is InChI=1S/C21H21FN6O/c22-17-6-1-2-7-19(17)27-9-11-28(12-10-27)20-13-18(25-15-26-20)21(29)24-14-16-5-3-4-8-23-16/h1-8,13,15H,9-12,14H2,(H,24,29). The molecule has 1 saturated heterocycles. The van der Waals surface area contributed by atoms with Gasteiger partial charge in [-0.05, 0) is 24.3 Å². The fourth-order valence-corrected chi connectivity index (χ4v) is 3.29. The molecule has 1 aromatic carbocycles. The third-order valence-corrected chi connectivity index (χ3v) is 4.84. The average molecular weight is 392 g/mol. The number of nitrogens with one attached hydrogen (secondary N) is 1. The number of carbonyl (C=O) groups excluding carboxylic acids is 1. The maximum absolute atomic E-state index is 14.0. The zero-order chi connectivity index (χ0) is 20.1. The number of aromatic nitrogens is 3. The van der Waals surface area contributed by atoms with E-state index < -0.39 is 0 Å². The van der Waals surface area contributed by atoms with Crippen LogP contribution in [-0.4, -0.2) is 47.0 Å². The molecule has 0 radical (unpaired) electrons. The van der Waals surface area contributed by atoms with Crippen LogP contribution < -0.4 is 15.1 Å². The summed E-state index contributed by atoms with van der Waals surface area (Å²) in [7, 11) is 0. The van der Waals surface area contributed by atoms with Gasteiger partial charge in [-0.1, -0.05) is 18.2 Å². The van der Waals surface area contributed by atoms with Gasteiger partial charge in [-0.3, -0.25) is 9.78 Å². The Labute approximate surface area is 168 Å². The second-order valence-electron chi connectivity index (χ2n) is 6.69. The molecule has 0 atom stereocenters. The van der Waals surface area contributed by atoms with E-state index in [1.807, 2.05) is 29.2 Å². The summed E-state index contributed by atoms with van der Waals surface area (Å²) in [4.78, 5) is 29.1. The fraction of sp³-hybridized carbons (Fsp3) is 0.238. The van der Waals surface area contributed by atoms with Crippen molar-refractivity contribution in [1.82, 2.24) is 20.3 Å². The van der Waals surface area contributed by atoms with Gasteiger partial charge in [0.05, 0.1) is 17.9 Å². The molecule has 0 spiro atoms. The first-order chi connectivity index (χ1) is 14.2. The van der Waals surface area contributed by atoms with Crippen molar-refractivity contribution in [3.63, 3.8) is 0 Å². The maximum Gasteiger partial charge on any atom is 0.270 e. The summed E-state index contributed by atoms with van der Waals surface area (Å²) < 4.78 is 14.0. The molecule has 1 aliphatic rings. The SMILES string of the molecule is O=C(NCc1ccccn1)c1cc(N2CCN(c3ccccc3F)CC2)ncn1. The molecule has 0 saturated carbocycles. The van der Waals surface area contributed by atoms with Gasteiger partial charge in [0, 0.05) is 38.4 Å². The lowest BCUT2D eigenvalue weighted by Gasteiger charge is -2.36. The lowest BCUT2D eigenvalue weighted by Crippen LogP contribution is -2.47. The first-order valence-corrected chi connectivity index (χ1v) is 9.45. The number of nitrogens with zero attached hydrogens (tertiary/aromatic N) is 5. The minimum Gasteiger partial charge on any atom is -0.366 e. The number of hydrogen-bond acceptors (Lipinski definition) is 6. The van der Waals surface area contributed by atoms with Gasteiger partial charge >= 0.3 is 0 Å². The minimum absolute atomic E-state index is 0.213. The molecule has 3 heterocycles. The molecule has 148 valence electrons. The van der Waals surface area contributed by atoms with Crippen molar-refractivity contribution < 1.29 is 9.18 Å². The van der Waals surface area contributed by atoms with Gasteiger partial charge in [0.1, 0.15) is 23.7 Å². The highest BCUT2D eigenvalue weighted by molar-refractivity contribution is 5.92. The summed E-state index contributed by atoms with van der Waals surface area (Å²) >= 11 is 0. The largest absolute Gasteiger partial charge is 0.366 e. The number of rotatable bonds is 5. The number of piperazine rings is 1. The van der Waals surface area contributed by atoms with Crippen LogP contribution in [0.2, 0.25) is 0 Å². The average Bonchev–Trinajstić information content (AvgIpc) is 2.79. The highest BCUT2D eigenvalue weighted by Gasteiger charge is 2.21. The molecular formula is C21H21FN6O. The van der Waals surface area contributed by atoms with Crippen molar-refractivity contribution in [2.24, 2.45) is 0 Å². The number of amides is 1. The van der Waals surface area contributed by atoms with Crippen LogP contribution in [0.1, 0.15) is 16.2 Å². The van der Waals surface area contributed by atoms with Crippen molar-refractivity contribution in [3.8, 4) is 0 Å². The van der Waals surface area contributed by atoms with E-state index >= 15 is 0 Å². The van der Waals surface area contributed by atoms with Gasteiger partial charge in [-0.15, -0.1) is 0 Å². The maximum atomic E-state index is 14.0. The van der Waals surface area contributed by atoms with Crippen LogP contribution in [0.5, 0.6) is 0 Å². The number of halogens is 1. The van der Waals surface area contributed by atoms with Crippen molar-refractivity contribution in [2.75, 3.05) is 36.0 Å². The summed E-state index contributed by atoms with van der Waals surface area (Å²) in [5, 5.41) is 2.82. The van der Waals surface area contributed by atoms with Crippen LogP contribution in [-0.2, 0) is 6.54 Å². The second-order valence-corrected chi connectivity index (χ2v) is 6.69. The molecular weight excluding hydrogens is 371 g/mol. The van der Waals surface area contributed by atoms with E-state index in [4.69, 9.17) is 0 Å². The van der Waals surface area contributed by atoms with E-state index in [-0.39, 0.29) is 11.7 Å². The number of anilines is 2. The highest BCUT2D eigenvalue weighted by atomic mass is 19.1. The van der Waals surface area contributed by atoms with Crippen LogP contribution in [0.25, 0.3) is 0 Å². The molecule has 0 bridgehead atoms. The predicted molar refractivity (Wildman–Crippen MR) is 108 cm³/mol. The Kier molecular flexibility index (Phi) is 5.60. The zero-order valence-corrected chi connectivity index (χ0v) is 15.8. The van der Waals surface area contributed by atoms with Crippen molar-refractivity contribution >= 4 is 17.4 Å². The molecule has 1 aliphatic heterocycles. The quantitative estimate of drug-likeness (QED) is 0.718. The Morgan fingerprint density at radius 3 is 2.48 bits per heavy atom. The smallest absolute Gasteiger partial charge is 0.270 e. The Balaban J connectivity index is 1.38. The van der Waals surface area contributed by atoms with Crippen LogP contribution in [0.15, 0.2) is 61.1 Å². The Morgan fingerprint density at radius 2 is 1.72 bits per heavy atom. The molecule has 3 aromatic rings. The summed E-state index contributed by atoms with van der Waals surface area (Å²) in [5.74, 6) is 0.204. The van der Waals surface area contributed by atoms with E-state index in [0.29, 0.717) is 49.9 Å². The molecule has 2 aromatic heterocycles. The summed E-state index contributed by atoms with van der Waals surface area (Å²) in [5.41, 5.74) is 1.70. The Hall–Kier alpha value is -3.55. The predicted octanol–water partition coefficient (Wildman–Crippen LogP) is 2.27. The molecule has 1 fully saturated rings. The highest BCUT2D eigenvalue weighted by Crippen LogP contribution is 2.22. The molecule has 8 heteroatoms. The second kappa shape index (κ2) is 8.64. The summed E-state index contributed by atoms with van der Waals surface area (Å²) in [6.45, 7) is 3.04. The third-order valence-electron chi connectivity index (χ3n) is 4.84. The number of hydrogen-bond donors (Lipinski definition) is 1. The van der Waals surface area contributed by atoms with Crippen molar-refractivity contribution in [1.29, 1.82) is 0 Å². The van der Waals surface area contributed by atoms with Crippen LogP contribution in [0.4, 0.5) is 15.9 Å². The lowest BCUT2D eigenvalue weighted by molar-refractivity contribution is 0.0945. The van der Waals surface area contributed by atoms with Gasteiger partial charge in [-0.2, -0.15) is 0 Å². The van der Waals surface area contributed by atoms with E-state index in [1.54, 1.807) is 24.4 Å².